The number of hydrogen-bond donors (Lipinski definition) is 1. The lowest BCUT2D eigenvalue weighted by molar-refractivity contribution is 0.188. The Morgan fingerprint density at radius 2 is 1.52 bits per heavy atom. The van der Waals surface area contributed by atoms with E-state index in [2.05, 4.69) is 52.9 Å². The van der Waals surface area contributed by atoms with Crippen LogP contribution >= 0.6 is 0 Å². The van der Waals surface area contributed by atoms with Crippen molar-refractivity contribution < 1.29 is 0 Å². The third kappa shape index (κ3) is 2.90. The lowest BCUT2D eigenvalue weighted by atomic mass is 9.71. The normalized spacial score (nSPS) is 19.0. The Morgan fingerprint density at radius 1 is 1.00 bits per heavy atom. The van der Waals surface area contributed by atoms with Crippen LogP contribution in [0.5, 0.6) is 0 Å². The first-order chi connectivity index (χ1) is 9.96. The maximum atomic E-state index is 3.87. The molecule has 0 heterocycles. The smallest absolute Gasteiger partial charge is 0.0382 e. The molecular weight excluding hydrogens is 254 g/mol. The van der Waals surface area contributed by atoms with Gasteiger partial charge in [0.2, 0.25) is 0 Å². The van der Waals surface area contributed by atoms with Crippen LogP contribution in [-0.4, -0.2) is 6.54 Å². The van der Waals surface area contributed by atoms with Gasteiger partial charge in [-0.2, -0.15) is 0 Å². The Kier molecular flexibility index (Phi) is 5.14. The minimum absolute atomic E-state index is 0.464. The molecule has 0 aliphatic heterocycles. The van der Waals surface area contributed by atoms with Crippen molar-refractivity contribution in [1.82, 2.24) is 5.32 Å². The molecule has 0 amide bonds. The monoisotopic (exact) mass is 287 g/mol. The van der Waals surface area contributed by atoms with E-state index >= 15 is 0 Å². The third-order valence-corrected chi connectivity index (χ3v) is 6.04. The number of benzene rings is 1. The molecule has 1 heteroatoms. The van der Waals surface area contributed by atoms with Gasteiger partial charge in [0.25, 0.3) is 0 Å². The fraction of sp³-hybridized carbons (Fsp3) is 0.700. The molecule has 1 aromatic carbocycles. The summed E-state index contributed by atoms with van der Waals surface area (Å²) in [6.45, 7) is 14.9. The Hall–Kier alpha value is -0.820. The fourth-order valence-electron chi connectivity index (χ4n) is 4.43. The van der Waals surface area contributed by atoms with Gasteiger partial charge in [-0.25, -0.2) is 0 Å². The standard InChI is InChI=1S/C20H33N/c1-7-20(11-9-10-12-20)19(21-8-2)18-16(5)14(3)13-15(4)17(18)6/h13,19,21H,7-12H2,1-6H3. The largest absolute Gasteiger partial charge is 0.310 e. The van der Waals surface area contributed by atoms with Crippen molar-refractivity contribution in [2.24, 2.45) is 5.41 Å². The van der Waals surface area contributed by atoms with Crippen LogP contribution in [0, 0.1) is 33.1 Å². The zero-order chi connectivity index (χ0) is 15.6. The predicted molar refractivity (Wildman–Crippen MR) is 93.0 cm³/mol. The van der Waals surface area contributed by atoms with Crippen LogP contribution in [0.15, 0.2) is 6.07 Å². The van der Waals surface area contributed by atoms with Crippen molar-refractivity contribution in [1.29, 1.82) is 0 Å². The first kappa shape index (κ1) is 16.5. The van der Waals surface area contributed by atoms with Gasteiger partial charge in [0.15, 0.2) is 0 Å². The van der Waals surface area contributed by atoms with Crippen molar-refractivity contribution in [2.45, 2.75) is 79.7 Å². The molecule has 21 heavy (non-hydrogen) atoms. The molecule has 1 fully saturated rings. The molecule has 0 aromatic heterocycles. The van der Waals surface area contributed by atoms with Gasteiger partial charge in [0.05, 0.1) is 0 Å². The predicted octanol–water partition coefficient (Wildman–Crippen LogP) is 5.54. The van der Waals surface area contributed by atoms with Crippen molar-refractivity contribution in [3.8, 4) is 0 Å². The average Bonchev–Trinajstić information content (AvgIpc) is 2.94. The average molecular weight is 287 g/mol. The summed E-state index contributed by atoms with van der Waals surface area (Å²) < 4.78 is 0. The van der Waals surface area contributed by atoms with Crippen LogP contribution in [0.1, 0.15) is 79.8 Å². The Morgan fingerprint density at radius 3 is 1.95 bits per heavy atom. The van der Waals surface area contributed by atoms with Gasteiger partial charge in [-0.15, -0.1) is 0 Å². The quantitative estimate of drug-likeness (QED) is 0.749. The van der Waals surface area contributed by atoms with Crippen LogP contribution < -0.4 is 5.32 Å². The second-order valence-electron chi connectivity index (χ2n) is 7.09. The number of rotatable bonds is 5. The topological polar surface area (TPSA) is 12.0 Å². The first-order valence-electron chi connectivity index (χ1n) is 8.77. The summed E-state index contributed by atoms with van der Waals surface area (Å²) in [5.74, 6) is 0. The number of aryl methyl sites for hydroxylation is 2. The molecule has 0 spiro atoms. The van der Waals surface area contributed by atoms with Crippen molar-refractivity contribution in [3.63, 3.8) is 0 Å². The van der Waals surface area contributed by atoms with Crippen LogP contribution in [0.2, 0.25) is 0 Å². The zero-order valence-corrected chi connectivity index (χ0v) is 14.9. The van der Waals surface area contributed by atoms with E-state index in [1.54, 1.807) is 5.56 Å². The number of hydrogen-bond acceptors (Lipinski definition) is 1. The molecule has 0 radical (unpaired) electrons. The molecule has 1 nitrogen and oxygen atoms in total. The summed E-state index contributed by atoms with van der Waals surface area (Å²) >= 11 is 0. The molecule has 0 saturated heterocycles. The summed E-state index contributed by atoms with van der Waals surface area (Å²) in [4.78, 5) is 0. The fourth-order valence-corrected chi connectivity index (χ4v) is 4.43. The summed E-state index contributed by atoms with van der Waals surface area (Å²) in [6.07, 6.45) is 6.86. The molecule has 1 atom stereocenters. The first-order valence-corrected chi connectivity index (χ1v) is 8.77. The number of nitrogens with one attached hydrogen (secondary N) is 1. The van der Waals surface area contributed by atoms with Gasteiger partial charge in [0.1, 0.15) is 0 Å². The van der Waals surface area contributed by atoms with Gasteiger partial charge in [-0.05, 0) is 86.7 Å². The Bertz CT molecular complexity index is 469. The van der Waals surface area contributed by atoms with E-state index in [9.17, 15) is 0 Å². The lowest BCUT2D eigenvalue weighted by Gasteiger charge is -2.40. The van der Waals surface area contributed by atoms with E-state index < -0.39 is 0 Å². The van der Waals surface area contributed by atoms with Crippen molar-refractivity contribution in [2.75, 3.05) is 6.54 Å². The van der Waals surface area contributed by atoms with Crippen LogP contribution in [-0.2, 0) is 0 Å². The molecule has 1 N–H and O–H groups in total. The van der Waals surface area contributed by atoms with E-state index in [0.717, 1.165) is 6.54 Å². The molecule has 0 bridgehead atoms. The van der Waals surface area contributed by atoms with E-state index in [4.69, 9.17) is 0 Å². The third-order valence-electron chi connectivity index (χ3n) is 6.04. The highest BCUT2D eigenvalue weighted by Crippen LogP contribution is 2.51. The summed E-state index contributed by atoms with van der Waals surface area (Å²) in [5.41, 5.74) is 7.96. The molecule has 1 aromatic rings. The zero-order valence-electron chi connectivity index (χ0n) is 14.9. The van der Waals surface area contributed by atoms with Gasteiger partial charge in [0, 0.05) is 6.04 Å². The van der Waals surface area contributed by atoms with Crippen molar-refractivity contribution in [3.05, 3.63) is 33.9 Å². The van der Waals surface area contributed by atoms with Gasteiger partial charge >= 0.3 is 0 Å². The SMILES string of the molecule is CCNC(c1c(C)c(C)cc(C)c1C)C1(CC)CCCC1. The summed E-state index contributed by atoms with van der Waals surface area (Å²) in [6, 6.07) is 2.87. The molecule has 1 saturated carbocycles. The van der Waals surface area contributed by atoms with E-state index in [0.29, 0.717) is 11.5 Å². The minimum Gasteiger partial charge on any atom is -0.310 e. The highest BCUT2D eigenvalue weighted by atomic mass is 14.9. The lowest BCUT2D eigenvalue weighted by Crippen LogP contribution is -2.37. The maximum Gasteiger partial charge on any atom is 0.0382 e. The molecule has 1 unspecified atom stereocenters. The van der Waals surface area contributed by atoms with Crippen LogP contribution in [0.25, 0.3) is 0 Å². The summed E-state index contributed by atoms with van der Waals surface area (Å²) in [7, 11) is 0. The highest BCUT2D eigenvalue weighted by molar-refractivity contribution is 5.46. The summed E-state index contributed by atoms with van der Waals surface area (Å²) in [5, 5.41) is 3.87. The van der Waals surface area contributed by atoms with Crippen LogP contribution in [0.3, 0.4) is 0 Å². The molecular formula is C20H33N. The Labute approximate surface area is 131 Å². The molecule has 1 aliphatic rings. The Balaban J connectivity index is 2.58. The van der Waals surface area contributed by atoms with Gasteiger partial charge < -0.3 is 5.32 Å². The van der Waals surface area contributed by atoms with Gasteiger partial charge in [-0.1, -0.05) is 32.8 Å². The second kappa shape index (κ2) is 6.52. The van der Waals surface area contributed by atoms with E-state index in [1.807, 2.05) is 0 Å². The van der Waals surface area contributed by atoms with E-state index in [1.165, 1.54) is 54.4 Å². The molecule has 2 rings (SSSR count). The molecule has 1 aliphatic carbocycles. The highest BCUT2D eigenvalue weighted by Gasteiger charge is 2.41. The minimum atomic E-state index is 0.464. The maximum absolute atomic E-state index is 3.87. The van der Waals surface area contributed by atoms with Crippen LogP contribution in [0.4, 0.5) is 0 Å². The second-order valence-corrected chi connectivity index (χ2v) is 7.09. The van der Waals surface area contributed by atoms with Crippen molar-refractivity contribution >= 4 is 0 Å². The van der Waals surface area contributed by atoms with E-state index in [-0.39, 0.29) is 0 Å². The molecule has 118 valence electrons. The van der Waals surface area contributed by atoms with Gasteiger partial charge in [-0.3, -0.25) is 0 Å².